The second-order valence-corrected chi connectivity index (χ2v) is 7.46. The first kappa shape index (κ1) is 15.6. The van der Waals surface area contributed by atoms with Crippen molar-refractivity contribution in [2.75, 3.05) is 11.9 Å². The smallest absolute Gasteiger partial charge is 0.233 e. The molecule has 1 aromatic rings. The summed E-state index contributed by atoms with van der Waals surface area (Å²) in [6, 6.07) is 6.89. The number of hydrogen-bond donors (Lipinski definition) is 1. The third-order valence-corrected chi connectivity index (χ3v) is 5.92. The molecule has 1 aromatic carbocycles. The van der Waals surface area contributed by atoms with Crippen LogP contribution in [0.1, 0.15) is 25.7 Å². The van der Waals surface area contributed by atoms with Gasteiger partial charge in [0.15, 0.2) is 0 Å². The molecular formula is C18H19ClN2O3. The molecule has 0 unspecified atom stereocenters. The van der Waals surface area contributed by atoms with Crippen LogP contribution in [0.4, 0.5) is 5.69 Å². The molecule has 2 aliphatic carbocycles. The van der Waals surface area contributed by atoms with Crippen LogP contribution >= 0.6 is 11.6 Å². The summed E-state index contributed by atoms with van der Waals surface area (Å²) in [5.74, 6) is 0.168. The van der Waals surface area contributed by atoms with Gasteiger partial charge >= 0.3 is 0 Å². The number of carbonyl (C=O) groups excluding carboxylic acids is 3. The van der Waals surface area contributed by atoms with E-state index in [0.717, 1.165) is 19.3 Å². The van der Waals surface area contributed by atoms with Crippen LogP contribution in [-0.2, 0) is 14.4 Å². The zero-order chi connectivity index (χ0) is 16.8. The summed E-state index contributed by atoms with van der Waals surface area (Å²) in [5, 5.41) is 3.29. The maximum Gasteiger partial charge on any atom is 0.233 e. The molecule has 1 saturated heterocycles. The summed E-state index contributed by atoms with van der Waals surface area (Å²) >= 11 is 5.89. The molecule has 2 saturated carbocycles. The van der Waals surface area contributed by atoms with Crippen molar-refractivity contribution in [2.45, 2.75) is 25.7 Å². The van der Waals surface area contributed by atoms with E-state index >= 15 is 0 Å². The Labute approximate surface area is 145 Å². The minimum atomic E-state index is -0.224. The number of fused-ring (bicyclic) bond motifs is 5. The number of likely N-dealkylation sites (tertiary alicyclic amines) is 1. The zero-order valence-corrected chi connectivity index (χ0v) is 14.0. The fraction of sp³-hybridized carbons (Fsp3) is 0.500. The lowest BCUT2D eigenvalue weighted by molar-refractivity contribution is -0.140. The number of anilines is 1. The molecule has 4 rings (SSSR count). The molecule has 4 atom stereocenters. The number of nitrogens with zero attached hydrogens (tertiary/aromatic N) is 1. The van der Waals surface area contributed by atoms with Gasteiger partial charge in [0.05, 0.1) is 11.8 Å². The van der Waals surface area contributed by atoms with E-state index in [9.17, 15) is 14.4 Å². The van der Waals surface area contributed by atoms with Gasteiger partial charge in [-0.2, -0.15) is 0 Å². The lowest BCUT2D eigenvalue weighted by atomic mass is 9.81. The van der Waals surface area contributed by atoms with Gasteiger partial charge in [-0.25, -0.2) is 0 Å². The molecule has 3 fully saturated rings. The quantitative estimate of drug-likeness (QED) is 0.852. The topological polar surface area (TPSA) is 66.5 Å². The first-order valence-electron chi connectivity index (χ1n) is 8.45. The van der Waals surface area contributed by atoms with Crippen molar-refractivity contribution in [1.82, 2.24) is 4.90 Å². The predicted octanol–water partition coefficient (Wildman–Crippen LogP) is 2.70. The molecule has 126 valence electrons. The second kappa shape index (κ2) is 5.88. The number of halogens is 1. The van der Waals surface area contributed by atoms with Gasteiger partial charge in [-0.05, 0) is 49.3 Å². The number of nitrogens with one attached hydrogen (secondary N) is 1. The molecule has 0 radical (unpaired) electrons. The number of hydrogen-bond acceptors (Lipinski definition) is 3. The molecule has 3 aliphatic rings. The lowest BCUT2D eigenvalue weighted by Gasteiger charge is -2.19. The van der Waals surface area contributed by atoms with Crippen LogP contribution in [0, 0.1) is 23.7 Å². The van der Waals surface area contributed by atoms with Gasteiger partial charge in [0, 0.05) is 23.7 Å². The standard InChI is InChI=1S/C18H19ClN2O3/c19-12-2-1-3-13(9-12)20-14(22)6-7-21-17(23)15-10-4-5-11(8-10)16(15)18(21)24/h1-3,9-11,15-16H,4-8H2,(H,20,22)/t10-,11-,15+,16+/m0/s1. The van der Waals surface area contributed by atoms with E-state index in [-0.39, 0.29) is 42.5 Å². The minimum absolute atomic E-state index is 0.0623. The highest BCUT2D eigenvalue weighted by molar-refractivity contribution is 6.30. The number of benzene rings is 1. The molecule has 5 nitrogen and oxygen atoms in total. The number of amides is 3. The average molecular weight is 347 g/mol. The molecule has 1 aliphatic heterocycles. The summed E-state index contributed by atoms with van der Waals surface area (Å²) in [4.78, 5) is 38.5. The highest BCUT2D eigenvalue weighted by Crippen LogP contribution is 2.56. The van der Waals surface area contributed by atoms with E-state index < -0.39 is 0 Å². The fourth-order valence-corrected chi connectivity index (χ4v) is 4.88. The van der Waals surface area contributed by atoms with Crippen molar-refractivity contribution in [3.63, 3.8) is 0 Å². The molecule has 6 heteroatoms. The van der Waals surface area contributed by atoms with Crippen molar-refractivity contribution < 1.29 is 14.4 Å². The summed E-state index contributed by atoms with van der Waals surface area (Å²) < 4.78 is 0. The van der Waals surface area contributed by atoms with Crippen LogP contribution in [0.15, 0.2) is 24.3 Å². The Bertz CT molecular complexity index is 692. The average Bonchev–Trinajstić information content (AvgIpc) is 3.20. The molecule has 1 N–H and O–H groups in total. The van der Waals surface area contributed by atoms with Gasteiger partial charge in [0.2, 0.25) is 17.7 Å². The second-order valence-electron chi connectivity index (χ2n) is 7.02. The van der Waals surface area contributed by atoms with Crippen molar-refractivity contribution in [1.29, 1.82) is 0 Å². The number of carbonyl (C=O) groups is 3. The highest BCUT2D eigenvalue weighted by atomic mass is 35.5. The van der Waals surface area contributed by atoms with Crippen LogP contribution < -0.4 is 5.32 Å². The number of rotatable bonds is 4. The van der Waals surface area contributed by atoms with E-state index in [0.29, 0.717) is 22.5 Å². The monoisotopic (exact) mass is 346 g/mol. The summed E-state index contributed by atoms with van der Waals surface area (Å²) in [7, 11) is 0. The van der Waals surface area contributed by atoms with Gasteiger partial charge in [0.25, 0.3) is 0 Å². The maximum absolute atomic E-state index is 12.6. The summed E-state index contributed by atoms with van der Waals surface area (Å²) in [5.41, 5.74) is 0.612. The van der Waals surface area contributed by atoms with Gasteiger partial charge < -0.3 is 5.32 Å². The predicted molar refractivity (Wildman–Crippen MR) is 89.2 cm³/mol. The molecule has 2 bridgehead atoms. The van der Waals surface area contributed by atoms with E-state index in [1.807, 2.05) is 0 Å². The van der Waals surface area contributed by atoms with Crippen LogP contribution in [-0.4, -0.2) is 29.2 Å². The van der Waals surface area contributed by atoms with E-state index in [1.54, 1.807) is 24.3 Å². The van der Waals surface area contributed by atoms with Gasteiger partial charge in [0.1, 0.15) is 0 Å². The largest absolute Gasteiger partial charge is 0.326 e. The lowest BCUT2D eigenvalue weighted by Crippen LogP contribution is -2.35. The zero-order valence-electron chi connectivity index (χ0n) is 13.2. The maximum atomic E-state index is 12.6. The molecule has 0 spiro atoms. The Kier molecular flexibility index (Phi) is 3.83. The Morgan fingerprint density at radius 3 is 2.46 bits per heavy atom. The molecular weight excluding hydrogens is 328 g/mol. The van der Waals surface area contributed by atoms with Crippen molar-refractivity contribution in [3.8, 4) is 0 Å². The van der Waals surface area contributed by atoms with Crippen LogP contribution in [0.25, 0.3) is 0 Å². The Hall–Kier alpha value is -1.88. The van der Waals surface area contributed by atoms with Crippen molar-refractivity contribution in [3.05, 3.63) is 29.3 Å². The highest BCUT2D eigenvalue weighted by Gasteiger charge is 2.60. The van der Waals surface area contributed by atoms with Crippen molar-refractivity contribution in [2.24, 2.45) is 23.7 Å². The van der Waals surface area contributed by atoms with Crippen LogP contribution in [0.3, 0.4) is 0 Å². The molecule has 3 amide bonds. The molecule has 1 heterocycles. The fourth-order valence-electron chi connectivity index (χ4n) is 4.69. The molecule has 24 heavy (non-hydrogen) atoms. The Balaban J connectivity index is 1.37. The van der Waals surface area contributed by atoms with Crippen LogP contribution in [0.2, 0.25) is 5.02 Å². The van der Waals surface area contributed by atoms with Gasteiger partial charge in [-0.1, -0.05) is 17.7 Å². The summed E-state index contributed by atoms with van der Waals surface area (Å²) in [6.07, 6.45) is 3.26. The first-order valence-corrected chi connectivity index (χ1v) is 8.83. The Morgan fingerprint density at radius 2 is 1.83 bits per heavy atom. The normalized spacial score (nSPS) is 30.8. The summed E-state index contributed by atoms with van der Waals surface area (Å²) in [6.45, 7) is 0.163. The van der Waals surface area contributed by atoms with E-state index in [2.05, 4.69) is 5.32 Å². The van der Waals surface area contributed by atoms with E-state index in [1.165, 1.54) is 4.90 Å². The minimum Gasteiger partial charge on any atom is -0.326 e. The van der Waals surface area contributed by atoms with Gasteiger partial charge in [-0.3, -0.25) is 19.3 Å². The number of imide groups is 1. The van der Waals surface area contributed by atoms with Crippen LogP contribution in [0.5, 0.6) is 0 Å². The van der Waals surface area contributed by atoms with E-state index in [4.69, 9.17) is 11.6 Å². The third-order valence-electron chi connectivity index (χ3n) is 5.69. The Morgan fingerprint density at radius 1 is 1.17 bits per heavy atom. The molecule has 0 aromatic heterocycles. The van der Waals surface area contributed by atoms with Crippen molar-refractivity contribution >= 4 is 35.0 Å². The third kappa shape index (κ3) is 2.51. The van der Waals surface area contributed by atoms with Gasteiger partial charge in [-0.15, -0.1) is 0 Å². The first-order chi connectivity index (χ1) is 11.5. The SMILES string of the molecule is O=C(CCN1C(=O)[C@@H]2[C@H]3CC[C@@H](C3)[C@H]2C1=O)Nc1cccc(Cl)c1.